The van der Waals surface area contributed by atoms with E-state index in [2.05, 4.69) is 34.1 Å². The van der Waals surface area contributed by atoms with Gasteiger partial charge in [-0.3, -0.25) is 0 Å². The molecule has 0 radical (unpaired) electrons. The fraction of sp³-hybridized carbons (Fsp3) is 0.133. The van der Waals surface area contributed by atoms with Crippen molar-refractivity contribution in [3.05, 3.63) is 47.9 Å². The topological polar surface area (TPSA) is 56.7 Å². The molecule has 0 unspecified atom stereocenters. The van der Waals surface area contributed by atoms with Crippen molar-refractivity contribution in [2.45, 2.75) is 13.8 Å². The summed E-state index contributed by atoms with van der Waals surface area (Å²) in [5, 5.41) is 5.49. The third-order valence-corrected chi connectivity index (χ3v) is 3.36. The average Bonchev–Trinajstić information content (AvgIpc) is 2.97. The summed E-state index contributed by atoms with van der Waals surface area (Å²) >= 11 is 0. The van der Waals surface area contributed by atoms with Gasteiger partial charge in [0.1, 0.15) is 5.52 Å². The van der Waals surface area contributed by atoms with E-state index in [-0.39, 0.29) is 0 Å². The molecule has 0 aliphatic heterocycles. The Morgan fingerprint density at radius 1 is 1.10 bits per heavy atom. The summed E-state index contributed by atoms with van der Waals surface area (Å²) in [4.78, 5) is 8.56. The summed E-state index contributed by atoms with van der Waals surface area (Å²) in [5.41, 5.74) is 5.04. The van der Waals surface area contributed by atoms with Crippen LogP contribution in [0.4, 0.5) is 0 Å². The predicted octanol–water partition coefficient (Wildman–Crippen LogP) is 3.18. The van der Waals surface area contributed by atoms with Crippen LogP contribution < -0.4 is 0 Å². The van der Waals surface area contributed by atoms with Gasteiger partial charge < -0.3 is 4.42 Å². The lowest BCUT2D eigenvalue weighted by molar-refractivity contribution is 0.615. The van der Waals surface area contributed by atoms with E-state index >= 15 is 0 Å². The lowest BCUT2D eigenvalue weighted by Crippen LogP contribution is -1.96. The third kappa shape index (κ3) is 1.46. The van der Waals surface area contributed by atoms with Crippen LogP contribution >= 0.6 is 0 Å². The monoisotopic (exact) mass is 264 g/mol. The van der Waals surface area contributed by atoms with Crippen molar-refractivity contribution in [1.82, 2.24) is 19.7 Å². The molecule has 1 aromatic carbocycles. The molecule has 5 nitrogen and oxygen atoms in total. The number of hydrogen-bond donors (Lipinski definition) is 0. The van der Waals surface area contributed by atoms with E-state index in [4.69, 9.17) is 4.42 Å². The van der Waals surface area contributed by atoms with Crippen LogP contribution in [-0.2, 0) is 0 Å². The summed E-state index contributed by atoms with van der Waals surface area (Å²) in [7, 11) is 0. The van der Waals surface area contributed by atoms with Gasteiger partial charge in [-0.2, -0.15) is 9.78 Å². The Labute approximate surface area is 114 Å². The number of benzene rings is 1. The summed E-state index contributed by atoms with van der Waals surface area (Å²) < 4.78 is 7.63. The number of rotatable bonds is 1. The highest BCUT2D eigenvalue weighted by atomic mass is 16.4. The molecule has 0 saturated carbocycles. The van der Waals surface area contributed by atoms with Crippen molar-refractivity contribution in [3.8, 4) is 5.69 Å². The van der Waals surface area contributed by atoms with Gasteiger partial charge in [-0.05, 0) is 31.5 Å². The average molecular weight is 264 g/mol. The maximum Gasteiger partial charge on any atom is 0.248 e. The van der Waals surface area contributed by atoms with Crippen LogP contribution in [0.3, 0.4) is 0 Å². The van der Waals surface area contributed by atoms with Gasteiger partial charge in [0, 0.05) is 12.4 Å². The van der Waals surface area contributed by atoms with Crippen molar-refractivity contribution in [2.24, 2.45) is 0 Å². The molecule has 0 amide bonds. The van der Waals surface area contributed by atoms with Crippen LogP contribution in [0, 0.1) is 13.8 Å². The van der Waals surface area contributed by atoms with Crippen LogP contribution in [-0.4, -0.2) is 19.7 Å². The van der Waals surface area contributed by atoms with Crippen LogP contribution in [0.25, 0.3) is 28.0 Å². The first-order valence-electron chi connectivity index (χ1n) is 6.40. The van der Waals surface area contributed by atoms with Crippen LogP contribution in [0.1, 0.15) is 11.3 Å². The first-order valence-corrected chi connectivity index (χ1v) is 6.40. The Morgan fingerprint density at radius 3 is 2.80 bits per heavy atom. The summed E-state index contributed by atoms with van der Waals surface area (Å²) in [6.07, 6.45) is 3.30. The second-order valence-electron chi connectivity index (χ2n) is 4.83. The zero-order valence-electron chi connectivity index (χ0n) is 11.2. The highest BCUT2D eigenvalue weighted by molar-refractivity contribution is 6.01. The lowest BCUT2D eigenvalue weighted by atomic mass is 10.2. The van der Waals surface area contributed by atoms with Gasteiger partial charge >= 0.3 is 0 Å². The smallest absolute Gasteiger partial charge is 0.248 e. The number of hydrogen-bond acceptors (Lipinski definition) is 4. The second kappa shape index (κ2) is 3.90. The number of nitrogens with zero attached hydrogens (tertiary/aromatic N) is 4. The molecule has 98 valence electrons. The zero-order valence-corrected chi connectivity index (χ0v) is 11.2. The van der Waals surface area contributed by atoms with Gasteiger partial charge in [-0.1, -0.05) is 12.1 Å². The molecule has 20 heavy (non-hydrogen) atoms. The third-order valence-electron chi connectivity index (χ3n) is 3.36. The number of furan rings is 1. The highest BCUT2D eigenvalue weighted by Crippen LogP contribution is 2.30. The van der Waals surface area contributed by atoms with Gasteiger partial charge in [0.15, 0.2) is 0 Å². The van der Waals surface area contributed by atoms with E-state index in [1.54, 1.807) is 17.1 Å². The molecular weight excluding hydrogens is 252 g/mol. The van der Waals surface area contributed by atoms with Crippen molar-refractivity contribution in [2.75, 3.05) is 0 Å². The molecule has 0 aliphatic carbocycles. The molecule has 0 fully saturated rings. The quantitative estimate of drug-likeness (QED) is 0.530. The van der Waals surface area contributed by atoms with E-state index in [1.165, 1.54) is 5.56 Å². The Kier molecular flexibility index (Phi) is 2.18. The van der Waals surface area contributed by atoms with Gasteiger partial charge in [0.05, 0.1) is 16.8 Å². The Morgan fingerprint density at radius 2 is 1.95 bits per heavy atom. The van der Waals surface area contributed by atoms with Crippen LogP contribution in [0.15, 0.2) is 41.1 Å². The molecule has 3 heterocycles. The molecule has 5 heteroatoms. The fourth-order valence-corrected chi connectivity index (χ4v) is 2.47. The minimum Gasteiger partial charge on any atom is -0.417 e. The number of aromatic nitrogens is 4. The minimum absolute atomic E-state index is 0.546. The minimum atomic E-state index is 0.546. The highest BCUT2D eigenvalue weighted by Gasteiger charge is 2.18. The molecule has 0 N–H and O–H groups in total. The molecule has 0 spiro atoms. The number of fused-ring (bicyclic) bond motifs is 3. The second-order valence-corrected chi connectivity index (χ2v) is 4.83. The zero-order chi connectivity index (χ0) is 13.7. The maximum atomic E-state index is 5.83. The molecule has 0 saturated heterocycles. The fourth-order valence-electron chi connectivity index (χ4n) is 2.47. The molecule has 4 aromatic rings. The van der Waals surface area contributed by atoms with E-state index in [1.807, 2.05) is 19.1 Å². The van der Waals surface area contributed by atoms with Crippen molar-refractivity contribution < 1.29 is 4.42 Å². The predicted molar refractivity (Wildman–Crippen MR) is 75.9 cm³/mol. The van der Waals surface area contributed by atoms with Crippen molar-refractivity contribution in [1.29, 1.82) is 0 Å². The summed E-state index contributed by atoms with van der Waals surface area (Å²) in [5.74, 6) is 0. The van der Waals surface area contributed by atoms with Gasteiger partial charge in [-0.25, -0.2) is 9.97 Å². The number of aryl methyl sites for hydroxylation is 2. The summed E-state index contributed by atoms with van der Waals surface area (Å²) in [6, 6.07) is 8.14. The standard InChI is InChI=1S/C15H12N4O/c1-9-4-3-5-11(8-9)19-15-12(10(2)18-19)13-14(20-15)17-7-6-16-13/h3-8H,1-2H3. The SMILES string of the molecule is Cc1cccc(-n2nc(C)c3c4nccnc4oc32)c1. The van der Waals surface area contributed by atoms with Gasteiger partial charge in [-0.15, -0.1) is 0 Å². The molecule has 0 aliphatic rings. The normalized spacial score (nSPS) is 11.5. The Bertz CT molecular complexity index is 936. The summed E-state index contributed by atoms with van der Waals surface area (Å²) in [6.45, 7) is 4.01. The molecule has 0 atom stereocenters. The first kappa shape index (κ1) is 11.2. The maximum absolute atomic E-state index is 5.83. The van der Waals surface area contributed by atoms with E-state index in [0.29, 0.717) is 11.4 Å². The largest absolute Gasteiger partial charge is 0.417 e. The first-order chi connectivity index (χ1) is 9.74. The van der Waals surface area contributed by atoms with Gasteiger partial charge in [0.2, 0.25) is 11.4 Å². The molecule has 3 aromatic heterocycles. The molecule has 4 rings (SSSR count). The van der Waals surface area contributed by atoms with E-state index in [0.717, 1.165) is 22.3 Å². The van der Waals surface area contributed by atoms with Crippen LogP contribution in [0.2, 0.25) is 0 Å². The molecular formula is C15H12N4O. The van der Waals surface area contributed by atoms with Crippen LogP contribution in [0.5, 0.6) is 0 Å². The molecule has 0 bridgehead atoms. The van der Waals surface area contributed by atoms with Crippen molar-refractivity contribution >= 4 is 22.3 Å². The van der Waals surface area contributed by atoms with Crippen molar-refractivity contribution in [3.63, 3.8) is 0 Å². The Hall–Kier alpha value is -2.69. The lowest BCUT2D eigenvalue weighted by Gasteiger charge is -2.02. The van der Waals surface area contributed by atoms with Gasteiger partial charge in [0.25, 0.3) is 0 Å². The van der Waals surface area contributed by atoms with E-state index < -0.39 is 0 Å². The Balaban J connectivity index is 2.10. The van der Waals surface area contributed by atoms with E-state index in [9.17, 15) is 0 Å².